The van der Waals surface area contributed by atoms with Gasteiger partial charge in [0.25, 0.3) is 0 Å². The van der Waals surface area contributed by atoms with Crippen LogP contribution in [0, 0.1) is 6.92 Å². The Balaban J connectivity index is 2.30. The van der Waals surface area contributed by atoms with E-state index in [1.54, 1.807) is 13.8 Å². The van der Waals surface area contributed by atoms with Crippen LogP contribution in [0.3, 0.4) is 0 Å². The minimum absolute atomic E-state index is 0.238. The van der Waals surface area contributed by atoms with Gasteiger partial charge in [-0.3, -0.25) is 4.79 Å². The fraction of sp³-hybridized carbons (Fsp3) is 0.625. The van der Waals surface area contributed by atoms with E-state index < -0.39 is 0 Å². The zero-order valence-electron chi connectivity index (χ0n) is 7.74. The van der Waals surface area contributed by atoms with Gasteiger partial charge in [-0.2, -0.15) is 4.98 Å². The van der Waals surface area contributed by atoms with Crippen LogP contribution in [0.2, 0.25) is 0 Å². The van der Waals surface area contributed by atoms with Gasteiger partial charge in [0.2, 0.25) is 5.89 Å². The average Bonchev–Trinajstić information content (AvgIpc) is 2.49. The summed E-state index contributed by atoms with van der Waals surface area (Å²) >= 11 is 0. The van der Waals surface area contributed by atoms with Crippen LogP contribution in [0.15, 0.2) is 4.52 Å². The molecule has 1 rings (SSSR count). The van der Waals surface area contributed by atoms with E-state index in [0.29, 0.717) is 24.7 Å². The fourth-order valence-electron chi connectivity index (χ4n) is 0.884. The summed E-state index contributed by atoms with van der Waals surface area (Å²) in [4.78, 5) is 14.9. The van der Waals surface area contributed by atoms with Crippen molar-refractivity contribution in [2.24, 2.45) is 0 Å². The van der Waals surface area contributed by atoms with Gasteiger partial charge in [0.1, 0.15) is 0 Å². The number of carbonyl (C=O) groups excluding carboxylic acids is 1. The largest absolute Gasteiger partial charge is 0.466 e. The molecule has 0 amide bonds. The van der Waals surface area contributed by atoms with Gasteiger partial charge >= 0.3 is 5.97 Å². The number of rotatable bonds is 4. The highest BCUT2D eigenvalue weighted by atomic mass is 16.5. The van der Waals surface area contributed by atoms with Crippen molar-refractivity contribution in [1.29, 1.82) is 0 Å². The number of nitrogens with zero attached hydrogens (tertiary/aromatic N) is 2. The molecule has 0 bridgehead atoms. The molecule has 0 aliphatic rings. The van der Waals surface area contributed by atoms with Crippen LogP contribution in [0.4, 0.5) is 0 Å². The monoisotopic (exact) mass is 184 g/mol. The van der Waals surface area contributed by atoms with E-state index in [9.17, 15) is 4.79 Å². The quantitative estimate of drug-likeness (QED) is 0.649. The highest BCUT2D eigenvalue weighted by Crippen LogP contribution is 2.00. The van der Waals surface area contributed by atoms with Gasteiger partial charge in [0, 0.05) is 6.42 Å². The first kappa shape index (κ1) is 9.70. The van der Waals surface area contributed by atoms with Gasteiger partial charge in [-0.15, -0.1) is 0 Å². The minimum atomic E-state index is -0.238. The van der Waals surface area contributed by atoms with Crippen LogP contribution in [-0.4, -0.2) is 22.7 Å². The molecule has 5 nitrogen and oxygen atoms in total. The molecule has 5 heteroatoms. The average molecular weight is 184 g/mol. The van der Waals surface area contributed by atoms with E-state index >= 15 is 0 Å². The molecule has 0 aliphatic carbocycles. The molecule has 1 aromatic rings. The molecule has 0 N–H and O–H groups in total. The summed E-state index contributed by atoms with van der Waals surface area (Å²) in [6.07, 6.45) is 0.731. The summed E-state index contributed by atoms with van der Waals surface area (Å²) in [7, 11) is 0. The first-order valence-corrected chi connectivity index (χ1v) is 4.17. The summed E-state index contributed by atoms with van der Waals surface area (Å²) in [6, 6.07) is 0. The van der Waals surface area contributed by atoms with Crippen LogP contribution in [-0.2, 0) is 16.0 Å². The maximum atomic E-state index is 10.9. The number of carbonyl (C=O) groups is 1. The van der Waals surface area contributed by atoms with Crippen LogP contribution < -0.4 is 0 Å². The zero-order chi connectivity index (χ0) is 9.68. The van der Waals surface area contributed by atoms with Crippen LogP contribution in [0.25, 0.3) is 0 Å². The molecule has 0 spiro atoms. The summed E-state index contributed by atoms with van der Waals surface area (Å²) < 4.78 is 9.57. The van der Waals surface area contributed by atoms with Crippen LogP contribution in [0.5, 0.6) is 0 Å². The van der Waals surface area contributed by atoms with Crippen LogP contribution >= 0.6 is 0 Å². The van der Waals surface area contributed by atoms with Crippen molar-refractivity contribution in [1.82, 2.24) is 10.1 Å². The fourth-order valence-corrected chi connectivity index (χ4v) is 0.884. The number of aromatic nitrogens is 2. The lowest BCUT2D eigenvalue weighted by Gasteiger charge is -1.97. The highest BCUT2D eigenvalue weighted by Gasteiger charge is 2.07. The molecule has 0 unspecified atom stereocenters. The molecule has 0 atom stereocenters. The maximum Gasteiger partial charge on any atom is 0.306 e. The zero-order valence-corrected chi connectivity index (χ0v) is 7.74. The van der Waals surface area contributed by atoms with Gasteiger partial charge in [0.15, 0.2) is 5.82 Å². The van der Waals surface area contributed by atoms with Gasteiger partial charge in [0.05, 0.1) is 13.0 Å². The summed E-state index contributed by atoms with van der Waals surface area (Å²) in [5.74, 6) is 0.822. The Labute approximate surface area is 76.1 Å². The molecular weight excluding hydrogens is 172 g/mol. The minimum Gasteiger partial charge on any atom is -0.466 e. The smallest absolute Gasteiger partial charge is 0.306 e. The third kappa shape index (κ3) is 3.23. The molecule has 1 aromatic heterocycles. The molecule has 0 saturated carbocycles. The lowest BCUT2D eigenvalue weighted by molar-refractivity contribution is -0.143. The molecule has 0 saturated heterocycles. The predicted molar refractivity (Wildman–Crippen MR) is 44.0 cm³/mol. The summed E-state index contributed by atoms with van der Waals surface area (Å²) in [5.41, 5.74) is 0. The number of ether oxygens (including phenoxy) is 1. The Bertz CT molecular complexity index is 283. The number of hydrogen-bond acceptors (Lipinski definition) is 5. The standard InChI is InChI=1S/C8H12N2O3/c1-3-12-8(11)5-4-7-9-6(2)10-13-7/h3-5H2,1-2H3. The molecule has 0 aromatic carbocycles. The first-order valence-electron chi connectivity index (χ1n) is 4.17. The van der Waals surface area contributed by atoms with Gasteiger partial charge in [-0.1, -0.05) is 5.16 Å². The summed E-state index contributed by atoms with van der Waals surface area (Å²) in [5, 5.41) is 3.60. The normalized spacial score (nSPS) is 10.0. The van der Waals surface area contributed by atoms with Crippen molar-refractivity contribution in [2.75, 3.05) is 6.61 Å². The number of hydrogen-bond donors (Lipinski definition) is 0. The topological polar surface area (TPSA) is 65.2 Å². The maximum absolute atomic E-state index is 10.9. The van der Waals surface area contributed by atoms with Crippen molar-refractivity contribution in [2.45, 2.75) is 26.7 Å². The summed E-state index contributed by atoms with van der Waals surface area (Å²) in [6.45, 7) is 3.91. The second-order valence-electron chi connectivity index (χ2n) is 2.54. The van der Waals surface area contributed by atoms with E-state index in [2.05, 4.69) is 10.1 Å². The Morgan fingerprint density at radius 1 is 1.62 bits per heavy atom. The van der Waals surface area contributed by atoms with Crippen molar-refractivity contribution >= 4 is 5.97 Å². The predicted octanol–water partition coefficient (Wildman–Crippen LogP) is 0.874. The highest BCUT2D eigenvalue weighted by molar-refractivity contribution is 5.69. The van der Waals surface area contributed by atoms with Crippen LogP contribution in [0.1, 0.15) is 25.1 Å². The second kappa shape index (κ2) is 4.59. The van der Waals surface area contributed by atoms with E-state index in [-0.39, 0.29) is 12.4 Å². The van der Waals surface area contributed by atoms with Gasteiger partial charge in [-0.25, -0.2) is 0 Å². The van der Waals surface area contributed by atoms with E-state index in [1.165, 1.54) is 0 Å². The molecule has 0 fully saturated rings. The van der Waals surface area contributed by atoms with E-state index in [1.807, 2.05) is 0 Å². The van der Waals surface area contributed by atoms with E-state index in [4.69, 9.17) is 9.26 Å². The number of aryl methyl sites for hydroxylation is 2. The van der Waals surface area contributed by atoms with Crippen molar-refractivity contribution < 1.29 is 14.1 Å². The molecule has 72 valence electrons. The lowest BCUT2D eigenvalue weighted by Crippen LogP contribution is -2.05. The molecule has 0 radical (unpaired) electrons. The van der Waals surface area contributed by atoms with Crippen molar-refractivity contribution in [3.05, 3.63) is 11.7 Å². The molecule has 13 heavy (non-hydrogen) atoms. The first-order chi connectivity index (χ1) is 6.22. The Kier molecular flexibility index (Phi) is 3.42. The van der Waals surface area contributed by atoms with Gasteiger partial charge in [-0.05, 0) is 13.8 Å². The third-order valence-corrected chi connectivity index (χ3v) is 1.42. The SMILES string of the molecule is CCOC(=O)CCc1nc(C)no1. The van der Waals surface area contributed by atoms with Gasteiger partial charge < -0.3 is 9.26 Å². The lowest BCUT2D eigenvalue weighted by atomic mass is 10.3. The third-order valence-electron chi connectivity index (χ3n) is 1.42. The molecule has 0 aliphatic heterocycles. The molecular formula is C8H12N2O3. The molecule has 1 heterocycles. The Hall–Kier alpha value is -1.39. The van der Waals surface area contributed by atoms with Crippen molar-refractivity contribution in [3.8, 4) is 0 Å². The van der Waals surface area contributed by atoms with Crippen molar-refractivity contribution in [3.63, 3.8) is 0 Å². The van der Waals surface area contributed by atoms with E-state index in [0.717, 1.165) is 0 Å². The Morgan fingerprint density at radius 2 is 2.38 bits per heavy atom. The second-order valence-corrected chi connectivity index (χ2v) is 2.54. The number of esters is 1. The Morgan fingerprint density at radius 3 is 2.92 bits per heavy atom.